The van der Waals surface area contributed by atoms with Crippen molar-refractivity contribution in [3.05, 3.63) is 65.0 Å². The molecule has 2 amide bonds. The van der Waals surface area contributed by atoms with Crippen molar-refractivity contribution in [1.29, 1.82) is 0 Å². The Balaban J connectivity index is 1.96. The molecular formula is C21H27FN2O2. The van der Waals surface area contributed by atoms with Crippen LogP contribution in [0.2, 0.25) is 0 Å². The largest absolute Gasteiger partial charge is 0.494 e. The molecule has 0 bridgehead atoms. The van der Waals surface area contributed by atoms with Crippen molar-refractivity contribution in [3.63, 3.8) is 0 Å². The van der Waals surface area contributed by atoms with Crippen molar-refractivity contribution < 1.29 is 13.9 Å². The number of urea groups is 1. The normalized spacial score (nSPS) is 11.2. The summed E-state index contributed by atoms with van der Waals surface area (Å²) < 4.78 is 18.7. The third-order valence-electron chi connectivity index (χ3n) is 4.54. The lowest BCUT2D eigenvalue weighted by molar-refractivity contribution is 0.204. The van der Waals surface area contributed by atoms with Gasteiger partial charge in [0.1, 0.15) is 0 Å². The molecule has 0 saturated carbocycles. The fourth-order valence-electron chi connectivity index (χ4n) is 3.01. The van der Waals surface area contributed by atoms with E-state index in [1.165, 1.54) is 29.2 Å². The summed E-state index contributed by atoms with van der Waals surface area (Å²) in [5.74, 6) is -0.236. The Hall–Kier alpha value is -2.56. The molecule has 0 aliphatic carbocycles. The molecule has 0 spiro atoms. The molecule has 26 heavy (non-hydrogen) atoms. The minimum Gasteiger partial charge on any atom is -0.494 e. The summed E-state index contributed by atoms with van der Waals surface area (Å²) in [6.45, 7) is 7.11. The highest BCUT2D eigenvalue weighted by atomic mass is 19.1. The van der Waals surface area contributed by atoms with Gasteiger partial charge in [-0.2, -0.15) is 0 Å². The van der Waals surface area contributed by atoms with Gasteiger partial charge >= 0.3 is 6.03 Å². The maximum Gasteiger partial charge on any atom is 0.317 e. The Morgan fingerprint density at radius 3 is 2.54 bits per heavy atom. The second-order valence-electron chi connectivity index (χ2n) is 7.18. The zero-order valence-corrected chi connectivity index (χ0v) is 16.1. The minimum absolute atomic E-state index is 0.186. The highest BCUT2D eigenvalue weighted by Gasteiger charge is 2.23. The van der Waals surface area contributed by atoms with Gasteiger partial charge in [-0.05, 0) is 35.7 Å². The first-order chi connectivity index (χ1) is 12.2. The second kappa shape index (κ2) is 8.21. The van der Waals surface area contributed by atoms with Crippen LogP contribution in [0.15, 0.2) is 42.5 Å². The molecule has 1 N–H and O–H groups in total. The van der Waals surface area contributed by atoms with Gasteiger partial charge in [-0.1, -0.05) is 44.2 Å². The Bertz CT molecular complexity index is 774. The van der Waals surface area contributed by atoms with Crippen LogP contribution < -0.4 is 10.1 Å². The highest BCUT2D eigenvalue weighted by molar-refractivity contribution is 5.74. The Labute approximate surface area is 155 Å². The Morgan fingerprint density at radius 1 is 1.23 bits per heavy atom. The average Bonchev–Trinajstić information content (AvgIpc) is 2.60. The van der Waals surface area contributed by atoms with Crippen LogP contribution in [0.1, 0.15) is 30.5 Å². The van der Waals surface area contributed by atoms with Gasteiger partial charge in [0.25, 0.3) is 0 Å². The quantitative estimate of drug-likeness (QED) is 0.838. The van der Waals surface area contributed by atoms with Crippen molar-refractivity contribution in [2.45, 2.75) is 32.7 Å². The number of carbonyl (C=O) groups excluding carboxylic acids is 1. The SMILES string of the molecule is COc1ccc(CN(C)C(=O)NCC(C)(C)c2ccccc2C)cc1F. The van der Waals surface area contributed by atoms with Gasteiger partial charge in [0, 0.05) is 25.6 Å². The third kappa shape index (κ3) is 4.75. The van der Waals surface area contributed by atoms with E-state index in [0.29, 0.717) is 18.7 Å². The molecule has 140 valence electrons. The van der Waals surface area contributed by atoms with Gasteiger partial charge in [-0.25, -0.2) is 9.18 Å². The van der Waals surface area contributed by atoms with E-state index in [-0.39, 0.29) is 17.2 Å². The number of nitrogens with one attached hydrogen (secondary N) is 1. The highest BCUT2D eigenvalue weighted by Crippen LogP contribution is 2.25. The number of carbonyl (C=O) groups is 1. The van der Waals surface area contributed by atoms with Crippen molar-refractivity contribution >= 4 is 6.03 Å². The molecule has 0 fully saturated rings. The van der Waals surface area contributed by atoms with Crippen LogP contribution >= 0.6 is 0 Å². The van der Waals surface area contributed by atoms with Crippen LogP contribution in [0, 0.1) is 12.7 Å². The van der Waals surface area contributed by atoms with E-state index in [1.807, 2.05) is 12.1 Å². The summed E-state index contributed by atoms with van der Waals surface area (Å²) in [7, 11) is 3.12. The van der Waals surface area contributed by atoms with E-state index < -0.39 is 5.82 Å². The standard InChI is InChI=1S/C21H27FN2O2/c1-15-8-6-7-9-17(15)21(2,3)14-23-20(25)24(4)13-16-10-11-19(26-5)18(22)12-16/h6-12H,13-14H2,1-5H3,(H,23,25). The summed E-state index contributed by atoms with van der Waals surface area (Å²) in [5, 5.41) is 2.97. The smallest absolute Gasteiger partial charge is 0.317 e. The lowest BCUT2D eigenvalue weighted by Crippen LogP contribution is -2.43. The van der Waals surface area contributed by atoms with E-state index in [0.717, 1.165) is 0 Å². The molecule has 2 aromatic rings. The lowest BCUT2D eigenvalue weighted by atomic mass is 9.82. The molecular weight excluding hydrogens is 331 g/mol. The van der Waals surface area contributed by atoms with Crippen LogP contribution in [0.4, 0.5) is 9.18 Å². The number of hydrogen-bond donors (Lipinski definition) is 1. The molecule has 0 radical (unpaired) electrons. The number of hydrogen-bond acceptors (Lipinski definition) is 2. The van der Waals surface area contributed by atoms with Gasteiger partial charge in [-0.15, -0.1) is 0 Å². The number of halogens is 1. The van der Waals surface area contributed by atoms with Crippen LogP contribution in [-0.4, -0.2) is 31.6 Å². The first kappa shape index (κ1) is 19.8. The molecule has 0 aliphatic rings. The van der Waals surface area contributed by atoms with Gasteiger partial charge in [0.05, 0.1) is 7.11 Å². The van der Waals surface area contributed by atoms with Crippen molar-refractivity contribution in [2.75, 3.05) is 20.7 Å². The molecule has 0 aromatic heterocycles. The average molecular weight is 358 g/mol. The molecule has 0 aliphatic heterocycles. The first-order valence-electron chi connectivity index (χ1n) is 8.62. The van der Waals surface area contributed by atoms with Crippen molar-refractivity contribution in [1.82, 2.24) is 10.2 Å². The number of amides is 2. The monoisotopic (exact) mass is 358 g/mol. The zero-order chi connectivity index (χ0) is 19.3. The first-order valence-corrected chi connectivity index (χ1v) is 8.62. The van der Waals surface area contributed by atoms with Gasteiger partial charge < -0.3 is 15.0 Å². The molecule has 0 heterocycles. The third-order valence-corrected chi connectivity index (χ3v) is 4.54. The predicted octanol–water partition coefficient (Wildman–Crippen LogP) is 4.26. The van der Waals surface area contributed by atoms with Crippen LogP contribution in [-0.2, 0) is 12.0 Å². The predicted molar refractivity (Wildman–Crippen MR) is 102 cm³/mol. The molecule has 0 unspecified atom stereocenters. The number of methoxy groups -OCH3 is 1. The summed E-state index contributed by atoms with van der Waals surface area (Å²) in [4.78, 5) is 14.0. The minimum atomic E-state index is -0.431. The van der Waals surface area contributed by atoms with Gasteiger partial charge in [0.15, 0.2) is 11.6 Å². The molecule has 2 rings (SSSR count). The summed E-state index contributed by atoms with van der Waals surface area (Å²) >= 11 is 0. The van der Waals surface area contributed by atoms with E-state index in [4.69, 9.17) is 4.74 Å². The van der Waals surface area contributed by atoms with Gasteiger partial charge in [-0.3, -0.25) is 0 Å². The number of nitrogens with zero attached hydrogens (tertiary/aromatic N) is 1. The van der Waals surface area contributed by atoms with E-state index in [1.54, 1.807) is 19.2 Å². The summed E-state index contributed by atoms with van der Waals surface area (Å²) in [6.07, 6.45) is 0. The van der Waals surface area contributed by atoms with E-state index in [2.05, 4.69) is 38.2 Å². The summed E-state index contributed by atoms with van der Waals surface area (Å²) in [5.41, 5.74) is 2.93. The number of ether oxygens (including phenoxy) is 1. The van der Waals surface area contributed by atoms with Crippen LogP contribution in [0.5, 0.6) is 5.75 Å². The topological polar surface area (TPSA) is 41.6 Å². The van der Waals surface area contributed by atoms with E-state index in [9.17, 15) is 9.18 Å². The van der Waals surface area contributed by atoms with Crippen LogP contribution in [0.3, 0.4) is 0 Å². The molecule has 4 nitrogen and oxygen atoms in total. The maximum absolute atomic E-state index is 13.8. The number of aryl methyl sites for hydroxylation is 1. The molecule has 5 heteroatoms. The molecule has 0 saturated heterocycles. The lowest BCUT2D eigenvalue weighted by Gasteiger charge is -2.29. The fourth-order valence-corrected chi connectivity index (χ4v) is 3.01. The van der Waals surface area contributed by atoms with Crippen molar-refractivity contribution in [2.24, 2.45) is 0 Å². The molecule has 2 aromatic carbocycles. The number of rotatable bonds is 6. The fraction of sp³-hybridized carbons (Fsp3) is 0.381. The summed E-state index contributed by atoms with van der Waals surface area (Å²) in [6, 6.07) is 12.7. The van der Waals surface area contributed by atoms with Crippen LogP contribution in [0.25, 0.3) is 0 Å². The molecule has 0 atom stereocenters. The van der Waals surface area contributed by atoms with E-state index >= 15 is 0 Å². The second-order valence-corrected chi connectivity index (χ2v) is 7.18. The van der Waals surface area contributed by atoms with Crippen molar-refractivity contribution in [3.8, 4) is 5.75 Å². The Morgan fingerprint density at radius 2 is 1.92 bits per heavy atom. The maximum atomic E-state index is 13.8. The zero-order valence-electron chi connectivity index (χ0n) is 16.1. The van der Waals surface area contributed by atoms with Gasteiger partial charge in [0.2, 0.25) is 0 Å². The Kier molecular flexibility index (Phi) is 6.24. The number of benzene rings is 2.